The van der Waals surface area contributed by atoms with Crippen LogP contribution in [0.1, 0.15) is 25.3 Å². The van der Waals surface area contributed by atoms with Crippen LogP contribution in [0.5, 0.6) is 5.75 Å². The molecule has 2 rings (SSSR count). The van der Waals surface area contributed by atoms with Crippen molar-refractivity contribution in [3.8, 4) is 5.75 Å². The molecule has 1 aliphatic heterocycles. The highest BCUT2D eigenvalue weighted by atomic mass is 16.5. The number of benzene rings is 1. The zero-order chi connectivity index (χ0) is 14.5. The predicted octanol–water partition coefficient (Wildman–Crippen LogP) is 1.96. The Labute approximate surface area is 120 Å². The minimum atomic E-state index is 0.0526. The molecule has 1 amide bonds. The Kier molecular flexibility index (Phi) is 5.01. The number of hydrogen-bond acceptors (Lipinski definition) is 3. The lowest BCUT2D eigenvalue weighted by Crippen LogP contribution is -2.46. The molecule has 110 valence electrons. The largest absolute Gasteiger partial charge is 0.484 e. The van der Waals surface area contributed by atoms with E-state index in [2.05, 4.69) is 0 Å². The molecule has 2 N–H and O–H groups in total. The third-order valence-electron chi connectivity index (χ3n) is 3.91. The molecule has 0 radical (unpaired) electrons. The molecule has 2 atom stereocenters. The van der Waals surface area contributed by atoms with Crippen molar-refractivity contribution in [1.82, 2.24) is 4.90 Å². The second kappa shape index (κ2) is 6.75. The summed E-state index contributed by atoms with van der Waals surface area (Å²) >= 11 is 0. The highest BCUT2D eigenvalue weighted by Gasteiger charge is 2.25. The molecule has 20 heavy (non-hydrogen) atoms. The van der Waals surface area contributed by atoms with Crippen LogP contribution in [-0.2, 0) is 4.79 Å². The van der Waals surface area contributed by atoms with Gasteiger partial charge < -0.3 is 15.4 Å². The summed E-state index contributed by atoms with van der Waals surface area (Å²) < 4.78 is 5.58. The summed E-state index contributed by atoms with van der Waals surface area (Å²) in [7, 11) is 0. The average Bonchev–Trinajstić information content (AvgIpc) is 2.45. The van der Waals surface area contributed by atoms with Gasteiger partial charge in [-0.3, -0.25) is 4.79 Å². The number of carbonyl (C=O) groups excluding carboxylic acids is 1. The highest BCUT2D eigenvalue weighted by Crippen LogP contribution is 2.19. The zero-order valence-electron chi connectivity index (χ0n) is 12.3. The Morgan fingerprint density at radius 2 is 2.35 bits per heavy atom. The van der Waals surface area contributed by atoms with Crippen molar-refractivity contribution in [3.63, 3.8) is 0 Å². The van der Waals surface area contributed by atoms with E-state index in [0.717, 1.165) is 37.2 Å². The number of piperidine rings is 1. The van der Waals surface area contributed by atoms with Crippen LogP contribution in [0, 0.1) is 12.8 Å². The van der Waals surface area contributed by atoms with Crippen molar-refractivity contribution in [3.05, 3.63) is 29.8 Å². The van der Waals surface area contributed by atoms with Gasteiger partial charge in [-0.2, -0.15) is 0 Å². The molecule has 1 aromatic rings. The summed E-state index contributed by atoms with van der Waals surface area (Å²) in [6, 6.07) is 7.90. The van der Waals surface area contributed by atoms with Gasteiger partial charge in [0, 0.05) is 19.1 Å². The first-order valence-corrected chi connectivity index (χ1v) is 7.29. The van der Waals surface area contributed by atoms with Gasteiger partial charge >= 0.3 is 0 Å². The first-order valence-electron chi connectivity index (χ1n) is 7.29. The van der Waals surface area contributed by atoms with Gasteiger partial charge in [-0.25, -0.2) is 0 Å². The molecule has 0 aliphatic carbocycles. The standard InChI is InChI=1S/C16H24N2O2/c1-12-5-3-7-15(9-12)20-11-16(19)18-8-4-6-14(10-18)13(2)17/h3,5,7,9,13-14H,4,6,8,10-11,17H2,1-2H3. The van der Waals surface area contributed by atoms with Crippen molar-refractivity contribution in [2.75, 3.05) is 19.7 Å². The average molecular weight is 276 g/mol. The van der Waals surface area contributed by atoms with Gasteiger partial charge in [-0.05, 0) is 50.3 Å². The van der Waals surface area contributed by atoms with Crippen LogP contribution in [-0.4, -0.2) is 36.5 Å². The SMILES string of the molecule is Cc1cccc(OCC(=O)N2CCCC(C(C)N)C2)c1. The van der Waals surface area contributed by atoms with E-state index < -0.39 is 0 Å². The lowest BCUT2D eigenvalue weighted by molar-refractivity contribution is -0.135. The van der Waals surface area contributed by atoms with Gasteiger partial charge in [-0.1, -0.05) is 12.1 Å². The van der Waals surface area contributed by atoms with Gasteiger partial charge in [0.25, 0.3) is 5.91 Å². The third-order valence-corrected chi connectivity index (χ3v) is 3.91. The molecule has 1 aromatic carbocycles. The van der Waals surface area contributed by atoms with E-state index in [9.17, 15) is 4.79 Å². The summed E-state index contributed by atoms with van der Waals surface area (Å²) in [6.07, 6.45) is 2.14. The van der Waals surface area contributed by atoms with Crippen LogP contribution in [0.4, 0.5) is 0 Å². The molecule has 2 unspecified atom stereocenters. The Hall–Kier alpha value is -1.55. The molecule has 1 aliphatic rings. The summed E-state index contributed by atoms with van der Waals surface area (Å²) in [6.45, 7) is 5.70. The monoisotopic (exact) mass is 276 g/mol. The first-order chi connectivity index (χ1) is 9.56. The van der Waals surface area contributed by atoms with E-state index in [-0.39, 0.29) is 18.6 Å². The van der Waals surface area contributed by atoms with Gasteiger partial charge in [-0.15, -0.1) is 0 Å². The van der Waals surface area contributed by atoms with Crippen LogP contribution in [0.15, 0.2) is 24.3 Å². The van der Waals surface area contributed by atoms with Gasteiger partial charge in [0.15, 0.2) is 6.61 Å². The predicted molar refractivity (Wildman–Crippen MR) is 79.6 cm³/mol. The topological polar surface area (TPSA) is 55.6 Å². The minimum absolute atomic E-state index is 0.0526. The maximum atomic E-state index is 12.2. The fourth-order valence-electron chi connectivity index (χ4n) is 2.61. The Bertz CT molecular complexity index is 460. The highest BCUT2D eigenvalue weighted by molar-refractivity contribution is 5.77. The minimum Gasteiger partial charge on any atom is -0.484 e. The molecule has 1 heterocycles. The molecule has 0 aromatic heterocycles. The van der Waals surface area contributed by atoms with Crippen molar-refractivity contribution in [1.29, 1.82) is 0 Å². The second-order valence-corrected chi connectivity index (χ2v) is 5.71. The van der Waals surface area contributed by atoms with E-state index in [0.29, 0.717) is 5.92 Å². The Morgan fingerprint density at radius 3 is 3.05 bits per heavy atom. The van der Waals surface area contributed by atoms with Gasteiger partial charge in [0.1, 0.15) is 5.75 Å². The Morgan fingerprint density at radius 1 is 1.55 bits per heavy atom. The van der Waals surface area contributed by atoms with Gasteiger partial charge in [0.2, 0.25) is 0 Å². The quantitative estimate of drug-likeness (QED) is 0.914. The number of nitrogens with two attached hydrogens (primary N) is 1. The Balaban J connectivity index is 1.85. The maximum Gasteiger partial charge on any atom is 0.260 e. The fourth-order valence-corrected chi connectivity index (χ4v) is 2.61. The van der Waals surface area contributed by atoms with Crippen LogP contribution in [0.3, 0.4) is 0 Å². The van der Waals surface area contributed by atoms with Crippen LogP contribution in [0.25, 0.3) is 0 Å². The van der Waals surface area contributed by atoms with E-state index in [1.165, 1.54) is 0 Å². The molecular formula is C16H24N2O2. The number of carbonyl (C=O) groups is 1. The molecule has 4 nitrogen and oxygen atoms in total. The van der Waals surface area contributed by atoms with Crippen LogP contribution in [0.2, 0.25) is 0 Å². The number of amides is 1. The molecule has 0 spiro atoms. The fraction of sp³-hybridized carbons (Fsp3) is 0.562. The normalized spacial score (nSPS) is 20.6. The number of nitrogens with zero attached hydrogens (tertiary/aromatic N) is 1. The third kappa shape index (κ3) is 3.97. The summed E-state index contributed by atoms with van der Waals surface area (Å²) in [5, 5.41) is 0. The lowest BCUT2D eigenvalue weighted by Gasteiger charge is -2.34. The number of ether oxygens (including phenoxy) is 1. The lowest BCUT2D eigenvalue weighted by atomic mass is 9.92. The van der Waals surface area contributed by atoms with E-state index >= 15 is 0 Å². The van der Waals surface area contributed by atoms with Crippen molar-refractivity contribution >= 4 is 5.91 Å². The summed E-state index contributed by atoms with van der Waals surface area (Å²) in [5.74, 6) is 1.21. The number of likely N-dealkylation sites (tertiary alicyclic amines) is 1. The van der Waals surface area contributed by atoms with Crippen molar-refractivity contribution in [2.45, 2.75) is 32.7 Å². The first kappa shape index (κ1) is 14.9. The molecule has 4 heteroatoms. The van der Waals surface area contributed by atoms with Crippen molar-refractivity contribution < 1.29 is 9.53 Å². The summed E-state index contributed by atoms with van der Waals surface area (Å²) in [4.78, 5) is 14.1. The number of rotatable bonds is 4. The number of hydrogen-bond donors (Lipinski definition) is 1. The zero-order valence-corrected chi connectivity index (χ0v) is 12.3. The smallest absolute Gasteiger partial charge is 0.260 e. The molecule has 1 fully saturated rings. The van der Waals surface area contributed by atoms with E-state index in [1.54, 1.807) is 0 Å². The van der Waals surface area contributed by atoms with E-state index in [4.69, 9.17) is 10.5 Å². The molecular weight excluding hydrogens is 252 g/mol. The number of aryl methyl sites for hydroxylation is 1. The van der Waals surface area contributed by atoms with E-state index in [1.807, 2.05) is 43.0 Å². The van der Waals surface area contributed by atoms with Crippen LogP contribution >= 0.6 is 0 Å². The second-order valence-electron chi connectivity index (χ2n) is 5.71. The maximum absolute atomic E-state index is 12.2. The van der Waals surface area contributed by atoms with Gasteiger partial charge in [0.05, 0.1) is 0 Å². The summed E-state index contributed by atoms with van der Waals surface area (Å²) in [5.41, 5.74) is 7.07. The molecule has 1 saturated heterocycles. The van der Waals surface area contributed by atoms with Crippen LogP contribution < -0.4 is 10.5 Å². The van der Waals surface area contributed by atoms with Crippen molar-refractivity contribution in [2.24, 2.45) is 11.7 Å². The molecule has 0 saturated carbocycles. The molecule has 0 bridgehead atoms.